The Kier molecular flexibility index (Phi) is 9.63. The van der Waals surface area contributed by atoms with Gasteiger partial charge in [-0.15, -0.1) is 0 Å². The quantitative estimate of drug-likeness (QED) is 0.282. The lowest BCUT2D eigenvalue weighted by Crippen LogP contribution is -2.49. The van der Waals surface area contributed by atoms with Crippen molar-refractivity contribution in [1.82, 2.24) is 16.2 Å². The second-order valence-electron chi connectivity index (χ2n) is 7.74. The van der Waals surface area contributed by atoms with E-state index in [9.17, 15) is 9.59 Å². The van der Waals surface area contributed by atoms with Gasteiger partial charge in [-0.05, 0) is 61.5 Å². The first-order valence-electron chi connectivity index (χ1n) is 10.9. The molecule has 3 aromatic rings. The molecule has 0 radical (unpaired) electrons. The minimum atomic E-state index is -0.473. The summed E-state index contributed by atoms with van der Waals surface area (Å²) in [6.07, 6.45) is 0.703. The summed E-state index contributed by atoms with van der Waals surface area (Å²) in [5.41, 5.74) is 8.40. The van der Waals surface area contributed by atoms with Gasteiger partial charge in [-0.1, -0.05) is 64.0 Å². The first kappa shape index (κ1) is 26.2. The van der Waals surface area contributed by atoms with Gasteiger partial charge in [0.2, 0.25) is 0 Å². The molecule has 0 unspecified atom stereocenters. The van der Waals surface area contributed by atoms with Crippen LogP contribution >= 0.6 is 28.1 Å². The number of hydrazine groups is 1. The number of hydrogen-bond donors (Lipinski definition) is 3. The van der Waals surface area contributed by atoms with E-state index < -0.39 is 11.8 Å². The molecule has 0 saturated heterocycles. The third kappa shape index (κ3) is 8.38. The molecule has 7 nitrogen and oxygen atoms in total. The van der Waals surface area contributed by atoms with Crippen LogP contribution in [0.25, 0.3) is 0 Å². The number of carbonyl (C=O) groups is 2. The van der Waals surface area contributed by atoms with Crippen molar-refractivity contribution in [2.24, 2.45) is 0 Å². The van der Waals surface area contributed by atoms with Crippen molar-refractivity contribution in [2.45, 2.75) is 20.3 Å². The summed E-state index contributed by atoms with van der Waals surface area (Å²) >= 11 is 8.51. The minimum Gasteiger partial charge on any atom is -0.492 e. The van der Waals surface area contributed by atoms with E-state index in [1.54, 1.807) is 18.2 Å². The molecular formula is C26H26BrN3O4S. The van der Waals surface area contributed by atoms with E-state index >= 15 is 0 Å². The van der Waals surface area contributed by atoms with Crippen molar-refractivity contribution in [3.63, 3.8) is 0 Å². The topological polar surface area (TPSA) is 88.7 Å². The maximum absolute atomic E-state index is 12.8. The number of aryl methyl sites for hydroxylation is 2. The van der Waals surface area contributed by atoms with Crippen molar-refractivity contribution in [2.75, 3.05) is 13.2 Å². The highest BCUT2D eigenvalue weighted by molar-refractivity contribution is 9.10. The molecule has 0 heterocycles. The van der Waals surface area contributed by atoms with Gasteiger partial charge in [-0.25, -0.2) is 0 Å². The molecule has 3 N–H and O–H groups in total. The number of benzene rings is 3. The van der Waals surface area contributed by atoms with Gasteiger partial charge in [0.05, 0.1) is 12.2 Å². The van der Waals surface area contributed by atoms with E-state index in [0.29, 0.717) is 34.6 Å². The van der Waals surface area contributed by atoms with Gasteiger partial charge < -0.3 is 9.47 Å². The van der Waals surface area contributed by atoms with E-state index in [-0.39, 0.29) is 11.7 Å². The van der Waals surface area contributed by atoms with Crippen LogP contribution in [0.15, 0.2) is 71.2 Å². The minimum absolute atomic E-state index is 0.0647. The molecule has 3 aromatic carbocycles. The second-order valence-corrected chi connectivity index (χ2v) is 9.06. The molecule has 182 valence electrons. The Labute approximate surface area is 218 Å². The second kappa shape index (κ2) is 12.9. The van der Waals surface area contributed by atoms with Crippen LogP contribution in [0.1, 0.15) is 27.0 Å². The van der Waals surface area contributed by atoms with Crippen molar-refractivity contribution in [3.8, 4) is 11.5 Å². The molecule has 0 aliphatic carbocycles. The summed E-state index contributed by atoms with van der Waals surface area (Å²) in [4.78, 5) is 24.9. The van der Waals surface area contributed by atoms with Crippen LogP contribution < -0.4 is 25.6 Å². The summed E-state index contributed by atoms with van der Waals surface area (Å²) < 4.78 is 12.1. The first-order valence-corrected chi connectivity index (χ1v) is 12.1. The van der Waals surface area contributed by atoms with Gasteiger partial charge in [-0.2, -0.15) is 0 Å². The van der Waals surface area contributed by atoms with Crippen molar-refractivity contribution < 1.29 is 19.1 Å². The number of thiocarbonyl (C=S) groups is 1. The number of halogens is 1. The zero-order chi connectivity index (χ0) is 25.2. The third-order valence-electron chi connectivity index (χ3n) is 4.91. The number of nitrogens with one attached hydrogen (secondary N) is 3. The number of hydrogen-bond acceptors (Lipinski definition) is 5. The third-order valence-corrected chi connectivity index (χ3v) is 5.61. The molecule has 3 rings (SSSR count). The molecule has 0 aliphatic heterocycles. The monoisotopic (exact) mass is 555 g/mol. The van der Waals surface area contributed by atoms with Crippen LogP contribution in [0.2, 0.25) is 0 Å². The van der Waals surface area contributed by atoms with Crippen molar-refractivity contribution in [1.29, 1.82) is 0 Å². The Morgan fingerprint density at radius 2 is 1.66 bits per heavy atom. The Hall–Kier alpha value is -3.43. The van der Waals surface area contributed by atoms with Crippen LogP contribution in [0.4, 0.5) is 0 Å². The van der Waals surface area contributed by atoms with Gasteiger partial charge in [0.15, 0.2) is 11.7 Å². The number of rotatable bonds is 8. The van der Waals surface area contributed by atoms with Crippen LogP contribution in [-0.2, 0) is 11.2 Å². The SMILES string of the molecule is Cc1ccc(OCC(=O)NNC(=S)NC(=O)c2cc(Br)ccc2OCCc2ccccc2)c(C)c1. The summed E-state index contributed by atoms with van der Waals surface area (Å²) in [7, 11) is 0. The lowest BCUT2D eigenvalue weighted by Gasteiger charge is -2.14. The van der Waals surface area contributed by atoms with E-state index in [0.717, 1.165) is 16.7 Å². The van der Waals surface area contributed by atoms with E-state index in [2.05, 4.69) is 32.1 Å². The summed E-state index contributed by atoms with van der Waals surface area (Å²) in [6.45, 7) is 4.09. The molecule has 0 aliphatic rings. The molecule has 0 spiro atoms. The predicted molar refractivity (Wildman–Crippen MR) is 143 cm³/mol. The van der Waals surface area contributed by atoms with Crippen LogP contribution in [-0.4, -0.2) is 30.1 Å². The highest BCUT2D eigenvalue weighted by Crippen LogP contribution is 2.23. The van der Waals surface area contributed by atoms with E-state index in [1.165, 1.54) is 0 Å². The van der Waals surface area contributed by atoms with Crippen LogP contribution in [0.3, 0.4) is 0 Å². The molecular weight excluding hydrogens is 530 g/mol. The number of carbonyl (C=O) groups excluding carboxylic acids is 2. The van der Waals surface area contributed by atoms with Crippen LogP contribution in [0, 0.1) is 13.8 Å². The highest BCUT2D eigenvalue weighted by atomic mass is 79.9. The average Bonchev–Trinajstić information content (AvgIpc) is 2.83. The zero-order valence-electron chi connectivity index (χ0n) is 19.4. The van der Waals surface area contributed by atoms with Crippen molar-refractivity contribution >= 4 is 45.1 Å². The predicted octanol–water partition coefficient (Wildman–Crippen LogP) is 4.40. The summed E-state index contributed by atoms with van der Waals surface area (Å²) in [6, 6.07) is 20.8. The normalized spacial score (nSPS) is 10.3. The van der Waals surface area contributed by atoms with Gasteiger partial charge in [0, 0.05) is 10.9 Å². The lowest BCUT2D eigenvalue weighted by molar-refractivity contribution is -0.123. The Bertz CT molecular complexity index is 1200. The largest absolute Gasteiger partial charge is 0.492 e. The molecule has 0 saturated carbocycles. The highest BCUT2D eigenvalue weighted by Gasteiger charge is 2.15. The fourth-order valence-corrected chi connectivity index (χ4v) is 3.70. The van der Waals surface area contributed by atoms with Crippen molar-refractivity contribution in [3.05, 3.63) is 93.5 Å². The molecule has 0 aromatic heterocycles. The Morgan fingerprint density at radius 3 is 2.40 bits per heavy atom. The van der Waals surface area contributed by atoms with Gasteiger partial charge in [-0.3, -0.25) is 25.8 Å². The molecule has 2 amide bonds. The number of amides is 2. The van der Waals surface area contributed by atoms with Gasteiger partial charge in [0.25, 0.3) is 11.8 Å². The maximum atomic E-state index is 12.8. The standard InChI is InChI=1S/C26H26BrN3O4S/c1-17-8-10-22(18(2)14-17)34-16-24(31)29-30-26(35)28-25(32)21-15-20(27)9-11-23(21)33-13-12-19-6-4-3-5-7-19/h3-11,14-15H,12-13,16H2,1-2H3,(H,29,31)(H2,28,30,32,35). The molecule has 0 bridgehead atoms. The first-order chi connectivity index (χ1) is 16.8. The summed E-state index contributed by atoms with van der Waals surface area (Å²) in [5, 5.41) is 2.48. The Balaban J connectivity index is 1.48. The summed E-state index contributed by atoms with van der Waals surface area (Å²) in [5.74, 6) is 0.125. The number of ether oxygens (including phenoxy) is 2. The maximum Gasteiger partial charge on any atom is 0.276 e. The molecule has 9 heteroatoms. The average molecular weight is 556 g/mol. The lowest BCUT2D eigenvalue weighted by atomic mass is 10.1. The smallest absolute Gasteiger partial charge is 0.276 e. The molecule has 0 fully saturated rings. The van der Waals surface area contributed by atoms with Gasteiger partial charge in [0.1, 0.15) is 11.5 Å². The molecule has 35 heavy (non-hydrogen) atoms. The fraction of sp³-hybridized carbons (Fsp3) is 0.192. The van der Waals surface area contributed by atoms with Gasteiger partial charge >= 0.3 is 0 Å². The Morgan fingerprint density at radius 1 is 0.914 bits per heavy atom. The van der Waals surface area contributed by atoms with E-state index in [4.69, 9.17) is 21.7 Å². The van der Waals surface area contributed by atoms with Crippen LogP contribution in [0.5, 0.6) is 11.5 Å². The van der Waals surface area contributed by atoms with E-state index in [1.807, 2.05) is 62.4 Å². The molecule has 0 atom stereocenters. The zero-order valence-corrected chi connectivity index (χ0v) is 21.8. The fourth-order valence-electron chi connectivity index (χ4n) is 3.20.